The van der Waals surface area contributed by atoms with Crippen LogP contribution in [0.3, 0.4) is 0 Å². The smallest absolute Gasteiger partial charge is 0.133 e. The molecule has 0 N–H and O–H groups in total. The van der Waals surface area contributed by atoms with Crippen molar-refractivity contribution in [2.24, 2.45) is 0 Å². The third kappa shape index (κ3) is 2.09. The van der Waals surface area contributed by atoms with E-state index in [0.717, 1.165) is 29.3 Å². The van der Waals surface area contributed by atoms with Gasteiger partial charge >= 0.3 is 0 Å². The number of halogens is 2. The van der Waals surface area contributed by atoms with E-state index in [2.05, 4.69) is 18.0 Å². The lowest BCUT2D eigenvalue weighted by molar-refractivity contribution is 0.918. The lowest BCUT2D eigenvalue weighted by atomic mass is 10.1. The second-order valence-corrected chi connectivity index (χ2v) is 4.27. The Morgan fingerprint density at radius 1 is 1.27 bits per heavy atom. The highest BCUT2D eigenvalue weighted by Gasteiger charge is 2.06. The molecule has 0 aliphatic rings. The first-order chi connectivity index (χ1) is 7.22. The minimum atomic E-state index is 0.567. The SMILES string of the molecule is CCCc1cc2cccc(Cl)c2nc1Cl. The van der Waals surface area contributed by atoms with Gasteiger partial charge in [-0.25, -0.2) is 4.98 Å². The number of hydrogen-bond acceptors (Lipinski definition) is 1. The fourth-order valence-electron chi connectivity index (χ4n) is 1.63. The van der Waals surface area contributed by atoms with Gasteiger partial charge in [-0.1, -0.05) is 48.7 Å². The lowest BCUT2D eigenvalue weighted by Gasteiger charge is -2.05. The summed E-state index contributed by atoms with van der Waals surface area (Å²) >= 11 is 12.1. The number of hydrogen-bond donors (Lipinski definition) is 0. The van der Waals surface area contributed by atoms with Crippen molar-refractivity contribution in [3.8, 4) is 0 Å². The third-order valence-corrected chi connectivity index (χ3v) is 2.97. The first-order valence-corrected chi connectivity index (χ1v) is 5.71. The first kappa shape index (κ1) is 10.7. The summed E-state index contributed by atoms with van der Waals surface area (Å²) in [7, 11) is 0. The Morgan fingerprint density at radius 2 is 2.07 bits per heavy atom. The van der Waals surface area contributed by atoms with E-state index in [1.807, 2.05) is 18.2 Å². The molecule has 1 aromatic carbocycles. The quantitative estimate of drug-likeness (QED) is 0.704. The predicted octanol–water partition coefficient (Wildman–Crippen LogP) is 4.49. The summed E-state index contributed by atoms with van der Waals surface area (Å²) in [6.45, 7) is 2.12. The standard InChI is InChI=1S/C12H11Cl2N/c1-2-4-9-7-8-5-3-6-10(13)11(8)15-12(9)14/h3,5-7H,2,4H2,1H3. The van der Waals surface area contributed by atoms with Crippen molar-refractivity contribution in [2.75, 3.05) is 0 Å². The van der Waals surface area contributed by atoms with Crippen molar-refractivity contribution in [2.45, 2.75) is 19.8 Å². The molecule has 0 unspecified atom stereocenters. The molecule has 1 heterocycles. The van der Waals surface area contributed by atoms with E-state index in [1.54, 1.807) is 0 Å². The van der Waals surface area contributed by atoms with Crippen molar-refractivity contribution in [1.29, 1.82) is 0 Å². The van der Waals surface area contributed by atoms with E-state index in [9.17, 15) is 0 Å². The molecule has 0 saturated carbocycles. The fraction of sp³-hybridized carbons (Fsp3) is 0.250. The number of rotatable bonds is 2. The highest BCUT2D eigenvalue weighted by molar-refractivity contribution is 6.35. The molecule has 0 aliphatic heterocycles. The molecule has 78 valence electrons. The second kappa shape index (κ2) is 4.38. The van der Waals surface area contributed by atoms with Crippen molar-refractivity contribution >= 4 is 34.1 Å². The molecule has 0 atom stereocenters. The molecule has 2 aromatic rings. The number of fused-ring (bicyclic) bond motifs is 1. The maximum absolute atomic E-state index is 6.08. The highest BCUT2D eigenvalue weighted by atomic mass is 35.5. The number of para-hydroxylation sites is 1. The van der Waals surface area contributed by atoms with Crippen LogP contribution in [-0.2, 0) is 6.42 Å². The molecule has 0 aliphatic carbocycles. The minimum absolute atomic E-state index is 0.567. The summed E-state index contributed by atoms with van der Waals surface area (Å²) in [5.74, 6) is 0. The van der Waals surface area contributed by atoms with Crippen LogP contribution in [0.15, 0.2) is 24.3 Å². The monoisotopic (exact) mass is 239 g/mol. The summed E-state index contributed by atoms with van der Waals surface area (Å²) in [6, 6.07) is 7.83. The Hall–Kier alpha value is -0.790. The number of benzene rings is 1. The molecule has 2 rings (SSSR count). The van der Waals surface area contributed by atoms with Crippen LogP contribution in [0.4, 0.5) is 0 Å². The Morgan fingerprint density at radius 3 is 2.80 bits per heavy atom. The van der Waals surface area contributed by atoms with Gasteiger partial charge in [0.1, 0.15) is 5.15 Å². The molecule has 3 heteroatoms. The van der Waals surface area contributed by atoms with Gasteiger partial charge in [0.2, 0.25) is 0 Å². The summed E-state index contributed by atoms with van der Waals surface area (Å²) in [5.41, 5.74) is 1.87. The van der Waals surface area contributed by atoms with Crippen LogP contribution in [0.25, 0.3) is 10.9 Å². The van der Waals surface area contributed by atoms with Crippen LogP contribution in [0, 0.1) is 0 Å². The molecular formula is C12H11Cl2N. The number of aromatic nitrogens is 1. The molecule has 0 bridgehead atoms. The maximum atomic E-state index is 6.08. The van der Waals surface area contributed by atoms with Crippen LogP contribution < -0.4 is 0 Å². The average molecular weight is 240 g/mol. The van der Waals surface area contributed by atoms with E-state index in [1.165, 1.54) is 0 Å². The maximum Gasteiger partial charge on any atom is 0.133 e. The van der Waals surface area contributed by atoms with Gasteiger partial charge in [0.15, 0.2) is 0 Å². The van der Waals surface area contributed by atoms with Crippen molar-refractivity contribution < 1.29 is 0 Å². The van der Waals surface area contributed by atoms with Crippen LogP contribution in [0.2, 0.25) is 10.2 Å². The molecule has 0 saturated heterocycles. The molecule has 0 fully saturated rings. The fourth-order valence-corrected chi connectivity index (χ4v) is 2.09. The highest BCUT2D eigenvalue weighted by Crippen LogP contribution is 2.26. The topological polar surface area (TPSA) is 12.9 Å². The van der Waals surface area contributed by atoms with Gasteiger partial charge in [0.25, 0.3) is 0 Å². The van der Waals surface area contributed by atoms with E-state index < -0.39 is 0 Å². The van der Waals surface area contributed by atoms with Crippen molar-refractivity contribution in [1.82, 2.24) is 4.98 Å². The van der Waals surface area contributed by atoms with E-state index in [4.69, 9.17) is 23.2 Å². The summed E-state index contributed by atoms with van der Waals surface area (Å²) in [5, 5.41) is 2.27. The van der Waals surface area contributed by atoms with Gasteiger partial charge < -0.3 is 0 Å². The predicted molar refractivity (Wildman–Crippen MR) is 65.8 cm³/mol. The van der Waals surface area contributed by atoms with E-state index in [-0.39, 0.29) is 0 Å². The van der Waals surface area contributed by atoms with Gasteiger partial charge in [-0.2, -0.15) is 0 Å². The molecule has 15 heavy (non-hydrogen) atoms. The van der Waals surface area contributed by atoms with E-state index in [0.29, 0.717) is 10.2 Å². The van der Waals surface area contributed by atoms with Crippen molar-refractivity contribution in [3.63, 3.8) is 0 Å². The zero-order valence-corrected chi connectivity index (χ0v) is 9.94. The Kier molecular flexibility index (Phi) is 3.13. The molecule has 0 radical (unpaired) electrons. The van der Waals surface area contributed by atoms with Gasteiger partial charge in [0.05, 0.1) is 10.5 Å². The molecule has 0 amide bonds. The zero-order valence-electron chi connectivity index (χ0n) is 8.43. The van der Waals surface area contributed by atoms with Crippen LogP contribution in [-0.4, -0.2) is 4.98 Å². The number of aryl methyl sites for hydroxylation is 1. The Labute approximate surface area is 99.0 Å². The summed E-state index contributed by atoms with van der Waals surface area (Å²) in [6.07, 6.45) is 2.02. The van der Waals surface area contributed by atoms with Crippen LogP contribution in [0.1, 0.15) is 18.9 Å². The Bertz CT molecular complexity index is 494. The van der Waals surface area contributed by atoms with Gasteiger partial charge in [-0.15, -0.1) is 0 Å². The largest absolute Gasteiger partial charge is 0.234 e. The molecule has 1 nitrogen and oxygen atoms in total. The average Bonchev–Trinajstić information content (AvgIpc) is 2.21. The molecule has 0 spiro atoms. The van der Waals surface area contributed by atoms with E-state index >= 15 is 0 Å². The van der Waals surface area contributed by atoms with Crippen molar-refractivity contribution in [3.05, 3.63) is 40.0 Å². The molecular weight excluding hydrogens is 229 g/mol. The van der Waals surface area contributed by atoms with Gasteiger partial charge in [-0.3, -0.25) is 0 Å². The molecule has 1 aromatic heterocycles. The Balaban J connectivity index is 2.65. The zero-order chi connectivity index (χ0) is 10.8. The lowest BCUT2D eigenvalue weighted by Crippen LogP contribution is -1.90. The van der Waals surface area contributed by atoms with Crippen LogP contribution >= 0.6 is 23.2 Å². The van der Waals surface area contributed by atoms with Gasteiger partial charge in [-0.05, 0) is 24.1 Å². The normalized spacial score (nSPS) is 10.9. The van der Waals surface area contributed by atoms with Gasteiger partial charge in [0, 0.05) is 5.39 Å². The second-order valence-electron chi connectivity index (χ2n) is 3.50. The minimum Gasteiger partial charge on any atom is -0.234 e. The number of pyridine rings is 1. The number of nitrogens with zero attached hydrogens (tertiary/aromatic N) is 1. The first-order valence-electron chi connectivity index (χ1n) is 4.96. The van der Waals surface area contributed by atoms with Crippen LogP contribution in [0.5, 0.6) is 0 Å². The summed E-state index contributed by atoms with van der Waals surface area (Å²) in [4.78, 5) is 4.33. The summed E-state index contributed by atoms with van der Waals surface area (Å²) < 4.78 is 0. The third-order valence-electron chi connectivity index (χ3n) is 2.34.